The zero-order valence-electron chi connectivity index (χ0n) is 17.3. The van der Waals surface area contributed by atoms with E-state index in [2.05, 4.69) is 61.2 Å². The van der Waals surface area contributed by atoms with Crippen LogP contribution in [0.2, 0.25) is 0 Å². The highest BCUT2D eigenvalue weighted by atomic mass is 32.2. The molecule has 0 unspecified atom stereocenters. The summed E-state index contributed by atoms with van der Waals surface area (Å²) in [6.45, 7) is 8.96. The van der Waals surface area contributed by atoms with Crippen LogP contribution >= 0.6 is 0 Å². The minimum absolute atomic E-state index is 0.154. The fraction of sp³-hybridized carbons (Fsp3) is 0.478. The molecule has 1 fully saturated rings. The van der Waals surface area contributed by atoms with Crippen molar-refractivity contribution in [3.8, 4) is 0 Å². The molecule has 1 atom stereocenters. The first-order chi connectivity index (χ1) is 13.4. The highest BCUT2D eigenvalue weighted by molar-refractivity contribution is 7.89. The smallest absolute Gasteiger partial charge is 0.214 e. The minimum atomic E-state index is -3.13. The number of nitrogens with zero attached hydrogens (tertiary/aromatic N) is 2. The van der Waals surface area contributed by atoms with Crippen molar-refractivity contribution in [3.63, 3.8) is 0 Å². The average molecular weight is 401 g/mol. The molecule has 3 rings (SSSR count). The Morgan fingerprint density at radius 1 is 0.964 bits per heavy atom. The second-order valence-corrected chi connectivity index (χ2v) is 9.87. The molecule has 1 saturated heterocycles. The maximum absolute atomic E-state index is 12.6. The molecule has 0 amide bonds. The summed E-state index contributed by atoms with van der Waals surface area (Å²) >= 11 is 0. The Hall–Kier alpha value is -1.69. The molecule has 0 aromatic heterocycles. The monoisotopic (exact) mass is 400 g/mol. The van der Waals surface area contributed by atoms with Gasteiger partial charge in [-0.15, -0.1) is 0 Å². The van der Waals surface area contributed by atoms with Gasteiger partial charge in [-0.2, -0.15) is 4.31 Å². The van der Waals surface area contributed by atoms with Crippen molar-refractivity contribution in [1.29, 1.82) is 0 Å². The van der Waals surface area contributed by atoms with Crippen molar-refractivity contribution in [1.82, 2.24) is 9.21 Å². The highest BCUT2D eigenvalue weighted by Gasteiger charge is 2.31. The predicted molar refractivity (Wildman–Crippen MR) is 116 cm³/mol. The molecule has 5 heteroatoms. The number of aryl methyl sites for hydroxylation is 2. The van der Waals surface area contributed by atoms with Gasteiger partial charge in [-0.1, -0.05) is 67.4 Å². The molecule has 0 aliphatic carbocycles. The Morgan fingerprint density at radius 3 is 2.29 bits per heavy atom. The van der Waals surface area contributed by atoms with Crippen molar-refractivity contribution in [2.45, 2.75) is 39.7 Å². The number of hydrogen-bond acceptors (Lipinski definition) is 3. The van der Waals surface area contributed by atoms with Gasteiger partial charge in [-0.05, 0) is 37.0 Å². The van der Waals surface area contributed by atoms with Crippen LogP contribution in [0.25, 0.3) is 0 Å². The molecule has 152 valence electrons. The molecule has 28 heavy (non-hydrogen) atoms. The minimum Gasteiger partial charge on any atom is -0.290 e. The number of piperazine rings is 1. The van der Waals surface area contributed by atoms with Crippen LogP contribution in [-0.2, 0) is 10.0 Å². The van der Waals surface area contributed by atoms with Crippen LogP contribution in [0.5, 0.6) is 0 Å². The van der Waals surface area contributed by atoms with Gasteiger partial charge in [0.05, 0.1) is 11.8 Å². The number of hydrogen-bond donors (Lipinski definition) is 0. The Labute approximate surface area is 170 Å². The van der Waals surface area contributed by atoms with Crippen LogP contribution in [0.15, 0.2) is 48.5 Å². The maximum atomic E-state index is 12.6. The lowest BCUT2D eigenvalue weighted by Crippen LogP contribution is -2.50. The summed E-state index contributed by atoms with van der Waals surface area (Å²) in [6.07, 6.45) is 1.64. The van der Waals surface area contributed by atoms with Crippen molar-refractivity contribution < 1.29 is 8.42 Å². The van der Waals surface area contributed by atoms with E-state index in [-0.39, 0.29) is 11.8 Å². The largest absolute Gasteiger partial charge is 0.290 e. The standard InChI is InChI=1S/C23H32N2O2S/c1-4-5-17-28(26,27)25-15-13-24(14-16-25)23(21-9-7-6-8-10-21)22-18-19(2)11-12-20(22)3/h6-12,18,23H,4-5,13-17H2,1-3H3/t23-/m1/s1. The molecule has 0 spiro atoms. The van der Waals surface area contributed by atoms with Gasteiger partial charge < -0.3 is 0 Å². The van der Waals surface area contributed by atoms with Gasteiger partial charge in [0.2, 0.25) is 10.0 Å². The second kappa shape index (κ2) is 9.21. The summed E-state index contributed by atoms with van der Waals surface area (Å²) in [6, 6.07) is 17.3. The topological polar surface area (TPSA) is 40.6 Å². The second-order valence-electron chi connectivity index (χ2n) is 7.78. The molecule has 0 bridgehead atoms. The number of benzene rings is 2. The van der Waals surface area contributed by atoms with Gasteiger partial charge in [0, 0.05) is 26.2 Å². The first kappa shape index (κ1) is 21.0. The molecule has 0 saturated carbocycles. The van der Waals surface area contributed by atoms with E-state index < -0.39 is 10.0 Å². The Kier molecular flexibility index (Phi) is 6.91. The normalized spacial score (nSPS) is 17.5. The lowest BCUT2D eigenvalue weighted by molar-refractivity contribution is 0.155. The zero-order chi connectivity index (χ0) is 20.1. The summed E-state index contributed by atoms with van der Waals surface area (Å²) in [4.78, 5) is 2.43. The molecule has 2 aromatic rings. The Balaban J connectivity index is 1.84. The molecule has 0 N–H and O–H groups in total. The maximum Gasteiger partial charge on any atom is 0.214 e. The van der Waals surface area contributed by atoms with E-state index >= 15 is 0 Å². The van der Waals surface area contributed by atoms with Crippen molar-refractivity contribution >= 4 is 10.0 Å². The van der Waals surface area contributed by atoms with Crippen molar-refractivity contribution in [3.05, 3.63) is 70.8 Å². The third kappa shape index (κ3) is 4.83. The van der Waals surface area contributed by atoms with Gasteiger partial charge in [-0.3, -0.25) is 4.90 Å². The molecule has 1 heterocycles. The first-order valence-electron chi connectivity index (χ1n) is 10.3. The summed E-state index contributed by atoms with van der Waals surface area (Å²) in [5.74, 6) is 0.266. The third-order valence-electron chi connectivity index (χ3n) is 5.63. The third-order valence-corrected chi connectivity index (χ3v) is 7.59. The zero-order valence-corrected chi connectivity index (χ0v) is 18.1. The van der Waals surface area contributed by atoms with Crippen LogP contribution in [0.1, 0.15) is 48.1 Å². The summed E-state index contributed by atoms with van der Waals surface area (Å²) in [5, 5.41) is 0. The SMILES string of the molecule is CCCCS(=O)(=O)N1CCN([C@H](c2ccccc2)c2cc(C)ccc2C)CC1. The fourth-order valence-electron chi connectivity index (χ4n) is 3.97. The summed E-state index contributed by atoms with van der Waals surface area (Å²) < 4.78 is 26.8. The van der Waals surface area contributed by atoms with Crippen LogP contribution < -0.4 is 0 Å². The number of rotatable bonds is 7. The van der Waals surface area contributed by atoms with E-state index in [1.165, 1.54) is 22.3 Å². The van der Waals surface area contributed by atoms with E-state index in [1.807, 2.05) is 13.0 Å². The predicted octanol–water partition coefficient (Wildman–Crippen LogP) is 4.14. The van der Waals surface area contributed by atoms with Crippen LogP contribution in [-0.4, -0.2) is 49.6 Å². The first-order valence-corrected chi connectivity index (χ1v) is 11.9. The number of unbranched alkanes of at least 4 members (excludes halogenated alkanes) is 1. The van der Waals surface area contributed by atoms with Crippen molar-refractivity contribution in [2.24, 2.45) is 0 Å². The highest BCUT2D eigenvalue weighted by Crippen LogP contribution is 2.32. The van der Waals surface area contributed by atoms with E-state index in [1.54, 1.807) is 4.31 Å². The quantitative estimate of drug-likeness (QED) is 0.701. The molecular formula is C23H32N2O2S. The molecule has 1 aliphatic heterocycles. The van der Waals surface area contributed by atoms with Crippen LogP contribution in [0.3, 0.4) is 0 Å². The van der Waals surface area contributed by atoms with Gasteiger partial charge in [0.15, 0.2) is 0 Å². The lowest BCUT2D eigenvalue weighted by atomic mass is 9.92. The summed E-state index contributed by atoms with van der Waals surface area (Å²) in [7, 11) is -3.13. The molecular weight excluding hydrogens is 368 g/mol. The summed E-state index contributed by atoms with van der Waals surface area (Å²) in [5.41, 5.74) is 5.10. The van der Waals surface area contributed by atoms with Crippen LogP contribution in [0, 0.1) is 13.8 Å². The van der Waals surface area contributed by atoms with Crippen LogP contribution in [0.4, 0.5) is 0 Å². The van der Waals surface area contributed by atoms with Gasteiger partial charge in [0.25, 0.3) is 0 Å². The lowest BCUT2D eigenvalue weighted by Gasteiger charge is -2.39. The molecule has 0 radical (unpaired) electrons. The van der Waals surface area contributed by atoms with Gasteiger partial charge >= 0.3 is 0 Å². The van der Waals surface area contributed by atoms with E-state index in [0.717, 1.165) is 25.9 Å². The Morgan fingerprint density at radius 2 is 1.64 bits per heavy atom. The molecule has 4 nitrogen and oxygen atoms in total. The van der Waals surface area contributed by atoms with E-state index in [4.69, 9.17) is 0 Å². The molecule has 1 aliphatic rings. The molecule has 2 aromatic carbocycles. The van der Waals surface area contributed by atoms with E-state index in [0.29, 0.717) is 13.1 Å². The van der Waals surface area contributed by atoms with Crippen molar-refractivity contribution in [2.75, 3.05) is 31.9 Å². The Bertz CT molecular complexity index is 873. The van der Waals surface area contributed by atoms with Gasteiger partial charge in [-0.25, -0.2) is 8.42 Å². The number of sulfonamides is 1. The van der Waals surface area contributed by atoms with E-state index in [9.17, 15) is 8.42 Å². The fourth-order valence-corrected chi connectivity index (χ4v) is 5.60. The van der Waals surface area contributed by atoms with Gasteiger partial charge in [0.1, 0.15) is 0 Å². The average Bonchev–Trinajstić information content (AvgIpc) is 2.70.